The van der Waals surface area contributed by atoms with Gasteiger partial charge in [-0.3, -0.25) is 4.99 Å². The number of nitrogens with zero attached hydrogens (tertiary/aromatic N) is 1. The van der Waals surface area contributed by atoms with E-state index in [2.05, 4.69) is 28.6 Å². The van der Waals surface area contributed by atoms with Crippen LogP contribution in [0.25, 0.3) is 11.0 Å². The minimum absolute atomic E-state index is 0. The average molecular weight is 447 g/mol. The van der Waals surface area contributed by atoms with Crippen LogP contribution in [-0.2, 0) is 16.0 Å². The second-order valence-electron chi connectivity index (χ2n) is 5.10. The Morgan fingerprint density at radius 2 is 1.96 bits per heavy atom. The molecule has 24 heavy (non-hydrogen) atoms. The summed E-state index contributed by atoms with van der Waals surface area (Å²) in [6.07, 6.45) is 0. The molecule has 7 heteroatoms. The lowest BCUT2D eigenvalue weighted by molar-refractivity contribution is 0.0733. The molecular weight excluding hydrogens is 421 g/mol. The molecule has 0 fully saturated rings. The van der Waals surface area contributed by atoms with E-state index in [-0.39, 0.29) is 24.0 Å². The zero-order valence-corrected chi connectivity index (χ0v) is 16.8. The van der Waals surface area contributed by atoms with Crippen molar-refractivity contribution in [1.82, 2.24) is 10.6 Å². The number of benzene rings is 1. The van der Waals surface area contributed by atoms with Crippen molar-refractivity contribution in [2.24, 2.45) is 4.99 Å². The molecule has 0 amide bonds. The van der Waals surface area contributed by atoms with Gasteiger partial charge in [-0.2, -0.15) is 0 Å². The summed E-state index contributed by atoms with van der Waals surface area (Å²) in [5, 5.41) is 7.61. The van der Waals surface area contributed by atoms with E-state index >= 15 is 0 Å². The van der Waals surface area contributed by atoms with Crippen molar-refractivity contribution in [2.45, 2.75) is 13.5 Å². The fourth-order valence-electron chi connectivity index (χ4n) is 2.26. The average Bonchev–Trinajstić information content (AvgIpc) is 2.90. The SMILES string of the molecule is CN=C(NCCOCCOC)NCc1oc2ccccc2c1C.I. The molecule has 1 aromatic heterocycles. The highest BCUT2D eigenvalue weighted by Crippen LogP contribution is 2.24. The maximum Gasteiger partial charge on any atom is 0.191 e. The van der Waals surface area contributed by atoms with Crippen LogP contribution in [0.1, 0.15) is 11.3 Å². The molecule has 0 saturated carbocycles. The van der Waals surface area contributed by atoms with Gasteiger partial charge in [-0.25, -0.2) is 0 Å². The first-order valence-corrected chi connectivity index (χ1v) is 7.74. The van der Waals surface area contributed by atoms with Gasteiger partial charge in [0.25, 0.3) is 0 Å². The fourth-order valence-corrected chi connectivity index (χ4v) is 2.26. The van der Waals surface area contributed by atoms with Gasteiger partial charge in [-0.15, -0.1) is 24.0 Å². The monoisotopic (exact) mass is 447 g/mol. The largest absolute Gasteiger partial charge is 0.459 e. The van der Waals surface area contributed by atoms with Crippen molar-refractivity contribution in [1.29, 1.82) is 0 Å². The van der Waals surface area contributed by atoms with Gasteiger partial charge in [-0.1, -0.05) is 18.2 Å². The molecule has 0 aliphatic rings. The number of aliphatic imine (C=N–C) groups is 1. The van der Waals surface area contributed by atoms with Crippen molar-refractivity contribution >= 4 is 40.9 Å². The molecular formula is C17H26IN3O3. The highest BCUT2D eigenvalue weighted by Gasteiger charge is 2.10. The topological polar surface area (TPSA) is 68.0 Å². The van der Waals surface area contributed by atoms with Gasteiger partial charge < -0.3 is 24.5 Å². The number of nitrogens with one attached hydrogen (secondary N) is 2. The van der Waals surface area contributed by atoms with Crippen molar-refractivity contribution in [2.75, 3.05) is 40.5 Å². The molecule has 0 aliphatic heterocycles. The normalized spacial score (nSPS) is 11.4. The number of halogens is 1. The summed E-state index contributed by atoms with van der Waals surface area (Å²) in [6, 6.07) is 8.05. The summed E-state index contributed by atoms with van der Waals surface area (Å²) in [7, 11) is 3.40. The van der Waals surface area contributed by atoms with Crippen molar-refractivity contribution in [3.63, 3.8) is 0 Å². The van der Waals surface area contributed by atoms with Gasteiger partial charge in [0.15, 0.2) is 5.96 Å². The Morgan fingerprint density at radius 1 is 1.17 bits per heavy atom. The second-order valence-corrected chi connectivity index (χ2v) is 5.10. The number of fused-ring (bicyclic) bond motifs is 1. The number of hydrogen-bond acceptors (Lipinski definition) is 4. The standard InChI is InChI=1S/C17H25N3O3.HI/c1-13-14-6-4-5-7-15(14)23-16(13)12-20-17(18-2)19-8-9-22-11-10-21-3;/h4-7H,8-12H2,1-3H3,(H2,18,19,20);1H. The highest BCUT2D eigenvalue weighted by atomic mass is 127. The van der Waals surface area contributed by atoms with Crippen LogP contribution in [0.15, 0.2) is 33.7 Å². The van der Waals surface area contributed by atoms with E-state index in [9.17, 15) is 0 Å². The van der Waals surface area contributed by atoms with Crippen molar-refractivity contribution in [3.8, 4) is 0 Å². The van der Waals surface area contributed by atoms with Crippen molar-refractivity contribution < 1.29 is 13.9 Å². The Balaban J connectivity index is 0.00000288. The Hall–Kier alpha value is -1.32. The van der Waals surface area contributed by atoms with E-state index in [0.717, 1.165) is 28.3 Å². The maximum absolute atomic E-state index is 5.88. The van der Waals surface area contributed by atoms with E-state index in [0.29, 0.717) is 32.9 Å². The predicted octanol–water partition coefficient (Wildman–Crippen LogP) is 2.69. The molecule has 134 valence electrons. The Kier molecular flexibility index (Phi) is 9.73. The molecule has 0 spiro atoms. The van der Waals surface area contributed by atoms with Gasteiger partial charge in [-0.05, 0) is 13.0 Å². The molecule has 0 unspecified atom stereocenters. The first-order valence-electron chi connectivity index (χ1n) is 7.74. The summed E-state index contributed by atoms with van der Waals surface area (Å²) in [5.41, 5.74) is 2.07. The quantitative estimate of drug-likeness (QED) is 0.282. The Morgan fingerprint density at radius 3 is 2.67 bits per heavy atom. The molecule has 1 heterocycles. The van der Waals surface area contributed by atoms with E-state index in [1.165, 1.54) is 0 Å². The summed E-state index contributed by atoms with van der Waals surface area (Å²) in [4.78, 5) is 4.19. The highest BCUT2D eigenvalue weighted by molar-refractivity contribution is 14.0. The van der Waals surface area contributed by atoms with Gasteiger partial charge in [0.05, 0.1) is 26.4 Å². The third-order valence-electron chi connectivity index (χ3n) is 3.55. The van der Waals surface area contributed by atoms with Crippen LogP contribution in [0.2, 0.25) is 0 Å². The lowest BCUT2D eigenvalue weighted by Crippen LogP contribution is -2.38. The number of guanidine groups is 1. The van der Waals surface area contributed by atoms with Gasteiger partial charge in [0, 0.05) is 31.7 Å². The summed E-state index contributed by atoms with van der Waals surface area (Å²) >= 11 is 0. The molecule has 0 bridgehead atoms. The maximum atomic E-state index is 5.88. The molecule has 0 radical (unpaired) electrons. The molecule has 2 N–H and O–H groups in total. The smallest absolute Gasteiger partial charge is 0.191 e. The Labute approximate surface area is 160 Å². The van der Waals surface area contributed by atoms with Crippen LogP contribution in [0, 0.1) is 6.92 Å². The molecule has 2 rings (SSSR count). The molecule has 0 atom stereocenters. The number of hydrogen-bond donors (Lipinski definition) is 2. The fraction of sp³-hybridized carbons (Fsp3) is 0.471. The third kappa shape index (κ3) is 5.95. The number of ether oxygens (including phenoxy) is 2. The first-order chi connectivity index (χ1) is 11.3. The summed E-state index contributed by atoms with van der Waals surface area (Å²) < 4.78 is 16.2. The third-order valence-corrected chi connectivity index (χ3v) is 3.55. The lowest BCUT2D eigenvalue weighted by atomic mass is 10.1. The van der Waals surface area contributed by atoms with Crippen LogP contribution in [0.4, 0.5) is 0 Å². The van der Waals surface area contributed by atoms with E-state index in [1.54, 1.807) is 14.2 Å². The van der Waals surface area contributed by atoms with Crippen LogP contribution in [0.3, 0.4) is 0 Å². The van der Waals surface area contributed by atoms with Crippen LogP contribution in [-0.4, -0.2) is 46.5 Å². The van der Waals surface area contributed by atoms with Crippen LogP contribution < -0.4 is 10.6 Å². The lowest BCUT2D eigenvalue weighted by Gasteiger charge is -2.11. The Bertz CT molecular complexity index is 643. The number of furan rings is 1. The molecule has 6 nitrogen and oxygen atoms in total. The van der Waals surface area contributed by atoms with Crippen LogP contribution in [0.5, 0.6) is 0 Å². The second kappa shape index (κ2) is 11.3. The molecule has 0 saturated heterocycles. The van der Waals surface area contributed by atoms with E-state index < -0.39 is 0 Å². The van der Waals surface area contributed by atoms with Crippen molar-refractivity contribution in [3.05, 3.63) is 35.6 Å². The summed E-state index contributed by atoms with van der Waals surface area (Å²) in [6.45, 7) is 5.16. The minimum atomic E-state index is 0. The van der Waals surface area contributed by atoms with Crippen LogP contribution >= 0.6 is 24.0 Å². The van der Waals surface area contributed by atoms with Gasteiger partial charge in [0.1, 0.15) is 11.3 Å². The van der Waals surface area contributed by atoms with E-state index in [1.807, 2.05) is 18.2 Å². The zero-order chi connectivity index (χ0) is 16.5. The van der Waals surface area contributed by atoms with Gasteiger partial charge >= 0.3 is 0 Å². The van der Waals surface area contributed by atoms with E-state index in [4.69, 9.17) is 13.9 Å². The first kappa shape index (κ1) is 20.7. The number of para-hydroxylation sites is 1. The predicted molar refractivity (Wildman–Crippen MR) is 107 cm³/mol. The molecule has 0 aliphatic carbocycles. The molecule has 2 aromatic rings. The number of aryl methyl sites for hydroxylation is 1. The molecule has 1 aromatic carbocycles. The minimum Gasteiger partial charge on any atom is -0.459 e. The zero-order valence-electron chi connectivity index (χ0n) is 14.4. The number of methoxy groups -OCH3 is 1. The number of rotatable bonds is 8. The summed E-state index contributed by atoms with van der Waals surface area (Å²) in [5.74, 6) is 1.64. The van der Waals surface area contributed by atoms with Gasteiger partial charge in [0.2, 0.25) is 0 Å².